The maximum absolute atomic E-state index is 11.8. The predicted molar refractivity (Wildman–Crippen MR) is 59.3 cm³/mol. The Hall–Kier alpha value is -1.56. The highest BCUT2D eigenvalue weighted by Crippen LogP contribution is 2.21. The van der Waals surface area contributed by atoms with Gasteiger partial charge >= 0.3 is 6.36 Å². The van der Waals surface area contributed by atoms with Gasteiger partial charge < -0.3 is 9.47 Å². The van der Waals surface area contributed by atoms with Gasteiger partial charge in [-0.2, -0.15) is 0 Å². The Morgan fingerprint density at radius 2 is 2.06 bits per heavy atom. The Balaban J connectivity index is 1.93. The van der Waals surface area contributed by atoms with Gasteiger partial charge in [-0.05, 0) is 12.0 Å². The average molecular weight is 259 g/mol. The van der Waals surface area contributed by atoms with Crippen molar-refractivity contribution in [1.82, 2.24) is 0 Å². The van der Waals surface area contributed by atoms with E-state index in [1.165, 1.54) is 0 Å². The number of alkyl halides is 3. The minimum atomic E-state index is -4.69. The molecule has 6 heteroatoms. The summed E-state index contributed by atoms with van der Waals surface area (Å²) in [5.74, 6) is 0. The van der Waals surface area contributed by atoms with E-state index in [1.54, 1.807) is 0 Å². The van der Waals surface area contributed by atoms with E-state index in [0.29, 0.717) is 19.4 Å². The van der Waals surface area contributed by atoms with Crippen LogP contribution in [0.5, 0.6) is 0 Å². The Morgan fingerprint density at radius 1 is 1.39 bits per heavy atom. The van der Waals surface area contributed by atoms with E-state index in [1.807, 2.05) is 30.3 Å². The van der Waals surface area contributed by atoms with Gasteiger partial charge in [0.15, 0.2) is 6.40 Å². The molecule has 98 valence electrons. The normalized spacial score (nSPS) is 20.9. The minimum absolute atomic E-state index is 0.113. The van der Waals surface area contributed by atoms with Gasteiger partial charge in [0.1, 0.15) is 6.10 Å². The Morgan fingerprint density at radius 3 is 2.61 bits per heavy atom. The quantitative estimate of drug-likeness (QED) is 0.462. The van der Waals surface area contributed by atoms with Crippen LogP contribution in [0.25, 0.3) is 0 Å². The van der Waals surface area contributed by atoms with Crippen LogP contribution in [0.2, 0.25) is 0 Å². The number of halogens is 3. The third-order valence-electron chi connectivity index (χ3n) is 2.51. The van der Waals surface area contributed by atoms with Gasteiger partial charge in [0.2, 0.25) is 0 Å². The number of hydrogen-bond acceptors (Lipinski definition) is 3. The summed E-state index contributed by atoms with van der Waals surface area (Å²) in [6.45, 7) is 0.529. The molecule has 18 heavy (non-hydrogen) atoms. The first-order valence-corrected chi connectivity index (χ1v) is 5.46. The standard InChI is InChI=1S/C12H12F3NO2/c13-12(14,15)18-8-16-10(11-7-17-11)6-9-4-2-1-3-5-9/h1-5,8,10-11H,6-7H2. The van der Waals surface area contributed by atoms with E-state index >= 15 is 0 Å². The number of benzene rings is 1. The number of aliphatic imine (C=N–C) groups is 1. The smallest absolute Gasteiger partial charge is 0.395 e. The summed E-state index contributed by atoms with van der Waals surface area (Å²) in [6.07, 6.45) is -3.82. The lowest BCUT2D eigenvalue weighted by atomic mass is 10.0. The first-order chi connectivity index (χ1) is 8.54. The van der Waals surface area contributed by atoms with Gasteiger partial charge in [-0.3, -0.25) is 4.99 Å². The highest BCUT2D eigenvalue weighted by molar-refractivity contribution is 5.47. The lowest BCUT2D eigenvalue weighted by molar-refractivity contribution is -0.280. The monoisotopic (exact) mass is 259 g/mol. The Kier molecular flexibility index (Phi) is 3.86. The molecule has 2 atom stereocenters. The number of nitrogens with zero attached hydrogens (tertiary/aromatic N) is 1. The van der Waals surface area contributed by atoms with Crippen LogP contribution >= 0.6 is 0 Å². The zero-order chi connectivity index (χ0) is 13.0. The van der Waals surface area contributed by atoms with E-state index in [9.17, 15) is 13.2 Å². The van der Waals surface area contributed by atoms with E-state index in [4.69, 9.17) is 4.74 Å². The second-order valence-electron chi connectivity index (χ2n) is 3.95. The van der Waals surface area contributed by atoms with Gasteiger partial charge in [-0.1, -0.05) is 30.3 Å². The SMILES string of the molecule is FC(F)(F)OC=NC(Cc1ccccc1)C1CO1. The van der Waals surface area contributed by atoms with Crippen molar-refractivity contribution in [3.63, 3.8) is 0 Å². The van der Waals surface area contributed by atoms with Crippen molar-refractivity contribution in [1.29, 1.82) is 0 Å². The van der Waals surface area contributed by atoms with Crippen LogP contribution in [-0.2, 0) is 15.9 Å². The molecular weight excluding hydrogens is 247 g/mol. The van der Waals surface area contributed by atoms with Crippen LogP contribution in [0, 0.1) is 0 Å². The maximum Gasteiger partial charge on any atom is 0.573 e. The molecule has 0 bridgehead atoms. The Labute approximate surface area is 102 Å². The molecule has 0 N–H and O–H groups in total. The number of hydrogen-bond donors (Lipinski definition) is 0. The molecule has 1 aromatic rings. The fourth-order valence-corrected chi connectivity index (χ4v) is 1.58. The molecule has 2 rings (SSSR count). The molecule has 1 heterocycles. The van der Waals surface area contributed by atoms with Crippen LogP contribution in [0.1, 0.15) is 5.56 Å². The fraction of sp³-hybridized carbons (Fsp3) is 0.417. The van der Waals surface area contributed by atoms with Crippen LogP contribution in [-0.4, -0.2) is 31.5 Å². The van der Waals surface area contributed by atoms with E-state index < -0.39 is 6.36 Å². The molecule has 0 saturated carbocycles. The summed E-state index contributed by atoms with van der Waals surface area (Å²) in [5, 5.41) is 0. The summed E-state index contributed by atoms with van der Waals surface area (Å²) in [7, 11) is 0. The molecule has 1 saturated heterocycles. The maximum atomic E-state index is 11.8. The lowest BCUT2D eigenvalue weighted by Crippen LogP contribution is -2.18. The third-order valence-corrected chi connectivity index (χ3v) is 2.51. The molecule has 0 aromatic heterocycles. The fourth-order valence-electron chi connectivity index (χ4n) is 1.58. The molecule has 0 radical (unpaired) electrons. The second kappa shape index (κ2) is 5.39. The molecule has 3 nitrogen and oxygen atoms in total. The van der Waals surface area contributed by atoms with Gasteiger partial charge in [0.05, 0.1) is 12.6 Å². The summed E-state index contributed by atoms with van der Waals surface area (Å²) in [4.78, 5) is 3.77. The van der Waals surface area contributed by atoms with Crippen LogP contribution < -0.4 is 0 Å². The van der Waals surface area contributed by atoms with Crippen molar-refractivity contribution in [3.05, 3.63) is 35.9 Å². The van der Waals surface area contributed by atoms with Crippen molar-refractivity contribution < 1.29 is 22.6 Å². The Bertz CT molecular complexity index is 402. The zero-order valence-electron chi connectivity index (χ0n) is 9.43. The molecule has 0 amide bonds. The van der Waals surface area contributed by atoms with E-state index in [0.717, 1.165) is 5.56 Å². The zero-order valence-corrected chi connectivity index (χ0v) is 9.43. The topological polar surface area (TPSA) is 34.1 Å². The molecule has 1 aromatic carbocycles. The highest BCUT2D eigenvalue weighted by Gasteiger charge is 2.33. The third kappa shape index (κ3) is 4.37. The van der Waals surface area contributed by atoms with E-state index in [-0.39, 0.29) is 12.1 Å². The molecule has 0 spiro atoms. The lowest BCUT2D eigenvalue weighted by Gasteiger charge is -2.10. The molecule has 1 aliphatic rings. The van der Waals surface area contributed by atoms with Crippen LogP contribution in [0.4, 0.5) is 13.2 Å². The minimum Gasteiger partial charge on any atom is -0.395 e. The summed E-state index contributed by atoms with van der Waals surface area (Å²) < 4.78 is 44.0. The number of ether oxygens (including phenoxy) is 2. The van der Waals surface area contributed by atoms with Gasteiger partial charge in [0.25, 0.3) is 0 Å². The summed E-state index contributed by atoms with van der Waals surface area (Å²) in [6, 6.07) is 9.08. The van der Waals surface area contributed by atoms with Crippen LogP contribution in [0.15, 0.2) is 35.3 Å². The summed E-state index contributed by atoms with van der Waals surface area (Å²) >= 11 is 0. The number of epoxide rings is 1. The average Bonchev–Trinajstić information content (AvgIpc) is 3.11. The molecule has 1 fully saturated rings. The van der Waals surface area contributed by atoms with Gasteiger partial charge in [0, 0.05) is 0 Å². The van der Waals surface area contributed by atoms with Gasteiger partial charge in [-0.15, -0.1) is 13.2 Å². The van der Waals surface area contributed by atoms with E-state index in [2.05, 4.69) is 9.73 Å². The molecule has 1 aliphatic heterocycles. The van der Waals surface area contributed by atoms with Crippen molar-refractivity contribution in [3.8, 4) is 0 Å². The van der Waals surface area contributed by atoms with Crippen molar-refractivity contribution >= 4 is 6.40 Å². The largest absolute Gasteiger partial charge is 0.573 e. The first-order valence-electron chi connectivity index (χ1n) is 5.46. The predicted octanol–water partition coefficient (Wildman–Crippen LogP) is 2.56. The first kappa shape index (κ1) is 12.9. The molecule has 2 unspecified atom stereocenters. The number of rotatable bonds is 5. The second-order valence-corrected chi connectivity index (χ2v) is 3.95. The van der Waals surface area contributed by atoms with Crippen LogP contribution in [0.3, 0.4) is 0 Å². The highest BCUT2D eigenvalue weighted by atomic mass is 19.4. The molecule has 0 aliphatic carbocycles. The van der Waals surface area contributed by atoms with Crippen molar-refractivity contribution in [2.75, 3.05) is 6.61 Å². The van der Waals surface area contributed by atoms with Crippen molar-refractivity contribution in [2.45, 2.75) is 24.9 Å². The van der Waals surface area contributed by atoms with Gasteiger partial charge in [-0.25, -0.2) is 0 Å². The molecular formula is C12H12F3NO2. The van der Waals surface area contributed by atoms with Crippen molar-refractivity contribution in [2.24, 2.45) is 4.99 Å². The summed E-state index contributed by atoms with van der Waals surface area (Å²) in [5.41, 5.74) is 1.00.